The van der Waals surface area contributed by atoms with Crippen molar-refractivity contribution in [3.05, 3.63) is 23.8 Å². The average Bonchev–Trinajstić information content (AvgIpc) is 2.68. The molecule has 0 atom stereocenters. The molecule has 0 aliphatic carbocycles. The Kier molecular flexibility index (Phi) is 2.12. The molecule has 0 spiro atoms. The van der Waals surface area contributed by atoms with E-state index in [0.717, 1.165) is 0 Å². The van der Waals surface area contributed by atoms with Crippen molar-refractivity contribution in [2.24, 2.45) is 5.73 Å². The van der Waals surface area contributed by atoms with Crippen LogP contribution in [0.25, 0.3) is 11.1 Å². The molecule has 1 aliphatic rings. The van der Waals surface area contributed by atoms with E-state index in [-0.39, 0.29) is 0 Å². The molecular formula is C12H13N3O3. The monoisotopic (exact) mass is 247 g/mol. The summed E-state index contributed by atoms with van der Waals surface area (Å²) < 4.78 is 5.55. The number of carbonyl (C=O) groups excluding carboxylic acids is 1. The lowest BCUT2D eigenvalue weighted by Crippen LogP contribution is -2.60. The van der Waals surface area contributed by atoms with E-state index in [2.05, 4.69) is 4.98 Å². The van der Waals surface area contributed by atoms with E-state index in [1.54, 1.807) is 25.1 Å². The summed E-state index contributed by atoms with van der Waals surface area (Å²) in [7, 11) is 0. The molecule has 6 nitrogen and oxygen atoms in total. The highest BCUT2D eigenvalue weighted by Gasteiger charge is 2.39. The van der Waals surface area contributed by atoms with Crippen molar-refractivity contribution in [2.75, 3.05) is 18.0 Å². The van der Waals surface area contributed by atoms with Crippen molar-refractivity contribution >= 4 is 23.0 Å². The number of para-hydroxylation sites is 1. The second-order valence-corrected chi connectivity index (χ2v) is 4.87. The number of rotatable bonds is 2. The molecule has 1 fully saturated rings. The van der Waals surface area contributed by atoms with Crippen molar-refractivity contribution in [3.8, 4) is 0 Å². The summed E-state index contributed by atoms with van der Waals surface area (Å²) >= 11 is 0. The largest absolute Gasteiger partial charge is 0.423 e. The Morgan fingerprint density at radius 2 is 2.28 bits per heavy atom. The van der Waals surface area contributed by atoms with Crippen LogP contribution in [-0.2, 0) is 0 Å². The van der Waals surface area contributed by atoms with Gasteiger partial charge in [0.05, 0.1) is 24.3 Å². The van der Waals surface area contributed by atoms with E-state index in [0.29, 0.717) is 35.8 Å². The van der Waals surface area contributed by atoms with Crippen LogP contribution in [0.1, 0.15) is 17.3 Å². The van der Waals surface area contributed by atoms with Crippen molar-refractivity contribution in [1.82, 2.24) is 4.98 Å². The van der Waals surface area contributed by atoms with Gasteiger partial charge < -0.3 is 20.2 Å². The number of β-amino-alcohol motifs (C(OH)–C–C–N with tert-alkyl or cyclic N) is 1. The van der Waals surface area contributed by atoms with E-state index >= 15 is 0 Å². The minimum atomic E-state index is -0.701. The summed E-state index contributed by atoms with van der Waals surface area (Å²) in [6, 6.07) is 5.45. The number of fused-ring (bicyclic) bond motifs is 1. The molecule has 94 valence electrons. The fraction of sp³-hybridized carbons (Fsp3) is 0.333. The fourth-order valence-electron chi connectivity index (χ4n) is 2.18. The maximum absolute atomic E-state index is 11.3. The van der Waals surface area contributed by atoms with E-state index in [1.165, 1.54) is 0 Å². The Morgan fingerprint density at radius 1 is 1.56 bits per heavy atom. The highest BCUT2D eigenvalue weighted by atomic mass is 16.4. The number of nitrogens with two attached hydrogens (primary N) is 1. The topological polar surface area (TPSA) is 92.6 Å². The first-order chi connectivity index (χ1) is 8.46. The summed E-state index contributed by atoms with van der Waals surface area (Å²) in [6.45, 7) is 2.68. The highest BCUT2D eigenvalue weighted by Crippen LogP contribution is 2.30. The number of aromatic nitrogens is 1. The van der Waals surface area contributed by atoms with Crippen LogP contribution >= 0.6 is 0 Å². The molecule has 2 aromatic rings. The Morgan fingerprint density at radius 3 is 2.89 bits per heavy atom. The molecule has 0 radical (unpaired) electrons. The van der Waals surface area contributed by atoms with Gasteiger partial charge >= 0.3 is 0 Å². The van der Waals surface area contributed by atoms with Gasteiger partial charge in [-0.1, -0.05) is 6.07 Å². The predicted octanol–water partition coefficient (Wildman–Crippen LogP) is 0.498. The quantitative estimate of drug-likeness (QED) is 0.806. The van der Waals surface area contributed by atoms with Gasteiger partial charge in [0.25, 0.3) is 11.9 Å². The molecule has 2 heterocycles. The minimum Gasteiger partial charge on any atom is -0.423 e. The number of carbonyl (C=O) groups is 1. The van der Waals surface area contributed by atoms with Crippen molar-refractivity contribution < 1.29 is 14.3 Å². The SMILES string of the molecule is CC1(O)CN(c2nc3c(C(N)=O)cccc3o2)C1. The van der Waals surface area contributed by atoms with E-state index in [4.69, 9.17) is 10.2 Å². The third-order valence-corrected chi connectivity index (χ3v) is 3.01. The first-order valence-corrected chi connectivity index (χ1v) is 5.63. The number of anilines is 1. The Bertz CT molecular complexity index is 625. The first kappa shape index (κ1) is 11.0. The molecule has 1 saturated heterocycles. The summed E-state index contributed by atoms with van der Waals surface area (Å²) in [5, 5.41) is 9.68. The first-order valence-electron chi connectivity index (χ1n) is 5.63. The lowest BCUT2D eigenvalue weighted by Gasteiger charge is -2.42. The van der Waals surface area contributed by atoms with Crippen molar-refractivity contribution in [1.29, 1.82) is 0 Å². The minimum absolute atomic E-state index is 0.342. The Hall–Kier alpha value is -2.08. The van der Waals surface area contributed by atoms with Crippen LogP contribution in [0, 0.1) is 0 Å². The average molecular weight is 247 g/mol. The fourth-order valence-corrected chi connectivity index (χ4v) is 2.18. The number of aliphatic hydroxyl groups is 1. The van der Waals surface area contributed by atoms with Crippen LogP contribution in [0.2, 0.25) is 0 Å². The molecule has 1 aliphatic heterocycles. The van der Waals surface area contributed by atoms with Crippen molar-refractivity contribution in [2.45, 2.75) is 12.5 Å². The zero-order valence-corrected chi connectivity index (χ0v) is 9.88. The molecule has 6 heteroatoms. The molecule has 3 N–H and O–H groups in total. The van der Waals surface area contributed by atoms with Crippen LogP contribution < -0.4 is 10.6 Å². The number of nitrogens with zero attached hydrogens (tertiary/aromatic N) is 2. The second-order valence-electron chi connectivity index (χ2n) is 4.87. The van der Waals surface area contributed by atoms with Gasteiger partial charge in [0, 0.05) is 0 Å². The van der Waals surface area contributed by atoms with Crippen LogP contribution in [0.3, 0.4) is 0 Å². The molecule has 0 unspecified atom stereocenters. The van der Waals surface area contributed by atoms with Gasteiger partial charge in [-0.3, -0.25) is 4.79 Å². The second kappa shape index (κ2) is 3.46. The van der Waals surface area contributed by atoms with Gasteiger partial charge in [0.1, 0.15) is 5.52 Å². The molecule has 1 aromatic carbocycles. The maximum atomic E-state index is 11.3. The molecule has 1 amide bonds. The van der Waals surface area contributed by atoms with Gasteiger partial charge in [-0.2, -0.15) is 4.98 Å². The molecule has 0 bridgehead atoms. The number of benzene rings is 1. The smallest absolute Gasteiger partial charge is 0.298 e. The predicted molar refractivity (Wildman–Crippen MR) is 65.4 cm³/mol. The van der Waals surface area contributed by atoms with Crippen LogP contribution in [0.4, 0.5) is 6.01 Å². The van der Waals surface area contributed by atoms with Gasteiger partial charge in [-0.15, -0.1) is 0 Å². The summed E-state index contributed by atoms with van der Waals surface area (Å²) in [5.41, 5.74) is 5.91. The Balaban J connectivity index is 2.02. The highest BCUT2D eigenvalue weighted by molar-refractivity contribution is 6.03. The zero-order chi connectivity index (χ0) is 12.9. The molecule has 1 aromatic heterocycles. The normalized spacial score (nSPS) is 17.8. The van der Waals surface area contributed by atoms with Gasteiger partial charge in [0.2, 0.25) is 0 Å². The summed E-state index contributed by atoms with van der Waals surface area (Å²) in [5.74, 6) is -0.531. The molecule has 18 heavy (non-hydrogen) atoms. The summed E-state index contributed by atoms with van der Waals surface area (Å²) in [6.07, 6.45) is 0. The van der Waals surface area contributed by atoms with Crippen LogP contribution in [-0.4, -0.2) is 34.7 Å². The van der Waals surface area contributed by atoms with Crippen LogP contribution in [0.5, 0.6) is 0 Å². The van der Waals surface area contributed by atoms with E-state index in [9.17, 15) is 9.90 Å². The molecule has 0 saturated carbocycles. The zero-order valence-electron chi connectivity index (χ0n) is 9.88. The van der Waals surface area contributed by atoms with Gasteiger partial charge in [-0.25, -0.2) is 0 Å². The van der Waals surface area contributed by atoms with E-state index < -0.39 is 11.5 Å². The number of hydrogen-bond donors (Lipinski definition) is 2. The van der Waals surface area contributed by atoms with Gasteiger partial charge in [-0.05, 0) is 19.1 Å². The third kappa shape index (κ3) is 1.62. The summed E-state index contributed by atoms with van der Waals surface area (Å²) in [4.78, 5) is 17.3. The third-order valence-electron chi connectivity index (χ3n) is 3.01. The number of hydrogen-bond acceptors (Lipinski definition) is 5. The lowest BCUT2D eigenvalue weighted by molar-refractivity contribution is 0.0280. The Labute approximate surface area is 103 Å². The molecule has 3 rings (SSSR count). The number of amides is 1. The number of primary amides is 1. The van der Waals surface area contributed by atoms with Crippen LogP contribution in [0.15, 0.2) is 22.6 Å². The van der Waals surface area contributed by atoms with E-state index in [1.807, 2.05) is 4.90 Å². The molecular weight excluding hydrogens is 234 g/mol. The number of oxazole rings is 1. The van der Waals surface area contributed by atoms with Crippen molar-refractivity contribution in [3.63, 3.8) is 0 Å². The standard InChI is InChI=1S/C12H13N3O3/c1-12(17)5-15(6-12)11-14-9-7(10(13)16)3-2-4-8(9)18-11/h2-4,17H,5-6H2,1H3,(H2,13,16). The maximum Gasteiger partial charge on any atom is 0.298 e. The lowest BCUT2D eigenvalue weighted by atomic mass is 9.98. The van der Waals surface area contributed by atoms with Gasteiger partial charge in [0.15, 0.2) is 5.58 Å².